The average Bonchev–Trinajstić information content (AvgIpc) is 2.10. The molecule has 0 fully saturated rings. The molecular formula is C10H14O4. The quantitative estimate of drug-likeness (QED) is 0.367. The van der Waals surface area contributed by atoms with Crippen LogP contribution < -0.4 is 0 Å². The summed E-state index contributed by atoms with van der Waals surface area (Å²) < 4.78 is 4.64. The second kappa shape index (κ2) is 6.07. The number of rotatable bonds is 6. The summed E-state index contributed by atoms with van der Waals surface area (Å²) in [6.07, 6.45) is 0.563. The van der Waals surface area contributed by atoms with Crippen molar-refractivity contribution in [3.63, 3.8) is 0 Å². The van der Waals surface area contributed by atoms with E-state index in [1.54, 1.807) is 6.92 Å². The van der Waals surface area contributed by atoms with Gasteiger partial charge in [0.25, 0.3) is 6.47 Å². The highest BCUT2D eigenvalue weighted by Gasteiger charge is 2.09. The molecule has 0 N–H and O–H groups in total. The van der Waals surface area contributed by atoms with Crippen molar-refractivity contribution in [3.05, 3.63) is 11.3 Å². The van der Waals surface area contributed by atoms with Gasteiger partial charge in [0.05, 0.1) is 0 Å². The van der Waals surface area contributed by atoms with Gasteiger partial charge in [0.15, 0.2) is 5.78 Å². The van der Waals surface area contributed by atoms with Gasteiger partial charge in [-0.15, -0.1) is 0 Å². The van der Waals surface area contributed by atoms with Crippen LogP contribution >= 0.6 is 0 Å². The molecule has 0 aliphatic rings. The summed E-state index contributed by atoms with van der Waals surface area (Å²) in [5, 5.41) is 0. The van der Waals surface area contributed by atoms with Crippen LogP contribution in [-0.4, -0.2) is 18.0 Å². The maximum Gasteiger partial charge on any atom is 0.298 e. The zero-order valence-electron chi connectivity index (χ0n) is 8.62. The van der Waals surface area contributed by atoms with E-state index in [1.807, 2.05) is 0 Å². The average molecular weight is 198 g/mol. The summed E-state index contributed by atoms with van der Waals surface area (Å²) in [5.74, 6) is 0.112. The van der Waals surface area contributed by atoms with Gasteiger partial charge in [-0.3, -0.25) is 9.59 Å². The second-order valence-electron chi connectivity index (χ2n) is 3.02. The van der Waals surface area contributed by atoms with Crippen LogP contribution in [0.25, 0.3) is 0 Å². The van der Waals surface area contributed by atoms with E-state index in [0.717, 1.165) is 0 Å². The molecule has 0 aromatic rings. The summed E-state index contributed by atoms with van der Waals surface area (Å²) in [5.41, 5.74) is 0.387. The number of ether oxygens (including phenoxy) is 1. The minimum Gasteiger partial charge on any atom is -0.433 e. The number of carbonyl (C=O) groups is 3. The smallest absolute Gasteiger partial charge is 0.298 e. The Morgan fingerprint density at radius 1 is 1.14 bits per heavy atom. The van der Waals surface area contributed by atoms with Gasteiger partial charge in [0, 0.05) is 18.4 Å². The normalized spacial score (nSPS) is 11.6. The fraction of sp³-hybridized carbons (Fsp3) is 0.500. The summed E-state index contributed by atoms with van der Waals surface area (Å²) in [7, 11) is 0. The van der Waals surface area contributed by atoms with Gasteiger partial charge in [-0.05, 0) is 20.8 Å². The molecule has 4 heteroatoms. The molecule has 4 nitrogen and oxygen atoms in total. The van der Waals surface area contributed by atoms with E-state index in [4.69, 9.17) is 0 Å². The molecule has 0 heterocycles. The Hall–Kier alpha value is -1.45. The van der Waals surface area contributed by atoms with Crippen molar-refractivity contribution in [1.82, 2.24) is 0 Å². The van der Waals surface area contributed by atoms with Crippen molar-refractivity contribution < 1.29 is 19.1 Å². The number of allylic oxidation sites excluding steroid dienone is 2. The number of hydrogen-bond donors (Lipinski definition) is 0. The van der Waals surface area contributed by atoms with Gasteiger partial charge >= 0.3 is 0 Å². The first-order chi connectivity index (χ1) is 6.49. The van der Waals surface area contributed by atoms with Crippen molar-refractivity contribution in [2.75, 3.05) is 0 Å². The van der Waals surface area contributed by atoms with Crippen LogP contribution in [0.2, 0.25) is 0 Å². The molecule has 14 heavy (non-hydrogen) atoms. The van der Waals surface area contributed by atoms with E-state index < -0.39 is 0 Å². The summed E-state index contributed by atoms with van der Waals surface area (Å²) in [6.45, 7) is 4.67. The Morgan fingerprint density at radius 3 is 2.07 bits per heavy atom. The molecule has 0 aromatic heterocycles. The Morgan fingerprint density at radius 2 is 1.71 bits per heavy atom. The molecule has 0 spiro atoms. The van der Waals surface area contributed by atoms with Crippen LogP contribution in [-0.2, 0) is 19.1 Å². The summed E-state index contributed by atoms with van der Waals surface area (Å²) in [6, 6.07) is 0. The molecule has 0 amide bonds. The van der Waals surface area contributed by atoms with Gasteiger partial charge < -0.3 is 9.53 Å². The van der Waals surface area contributed by atoms with Crippen LogP contribution in [0.1, 0.15) is 33.6 Å². The SMILES string of the molecule is CC(=O)CC/C(OC=O)=C(\C)C(C)=O. The predicted octanol–water partition coefficient (Wildman–Crippen LogP) is 1.39. The number of carbonyl (C=O) groups excluding carboxylic acids is 3. The zero-order chi connectivity index (χ0) is 11.1. The monoisotopic (exact) mass is 198 g/mol. The first-order valence-electron chi connectivity index (χ1n) is 4.29. The molecule has 0 aliphatic carbocycles. The van der Waals surface area contributed by atoms with E-state index in [0.29, 0.717) is 12.0 Å². The van der Waals surface area contributed by atoms with E-state index in [2.05, 4.69) is 4.74 Å². The molecular weight excluding hydrogens is 184 g/mol. The molecule has 0 saturated heterocycles. The minimum atomic E-state index is -0.162. The van der Waals surface area contributed by atoms with E-state index in [9.17, 15) is 14.4 Å². The molecule has 0 aromatic carbocycles. The van der Waals surface area contributed by atoms with Crippen molar-refractivity contribution in [3.8, 4) is 0 Å². The predicted molar refractivity (Wildman–Crippen MR) is 50.4 cm³/mol. The first-order valence-corrected chi connectivity index (χ1v) is 4.29. The number of hydrogen-bond acceptors (Lipinski definition) is 4. The van der Waals surface area contributed by atoms with E-state index >= 15 is 0 Å². The minimum absolute atomic E-state index is 0.00616. The molecule has 0 radical (unpaired) electrons. The molecule has 78 valence electrons. The first kappa shape index (κ1) is 12.6. The van der Waals surface area contributed by atoms with Gasteiger partial charge in [0.2, 0.25) is 0 Å². The lowest BCUT2D eigenvalue weighted by molar-refractivity contribution is -0.126. The molecule has 0 atom stereocenters. The summed E-state index contributed by atoms with van der Waals surface area (Å²) >= 11 is 0. The maximum absolute atomic E-state index is 11.0. The largest absolute Gasteiger partial charge is 0.433 e. The van der Waals surface area contributed by atoms with Crippen LogP contribution in [0.3, 0.4) is 0 Å². The standard InChI is InChI=1S/C10H14O4/c1-7(12)4-5-10(14-6-11)8(2)9(3)13/h6H,4-5H2,1-3H3/b10-8-. The fourth-order valence-corrected chi connectivity index (χ4v) is 0.879. The lowest BCUT2D eigenvalue weighted by Crippen LogP contribution is -2.03. The second-order valence-corrected chi connectivity index (χ2v) is 3.02. The highest BCUT2D eigenvalue weighted by Crippen LogP contribution is 2.13. The van der Waals surface area contributed by atoms with Crippen molar-refractivity contribution >= 4 is 18.0 Å². The Bertz CT molecular complexity index is 276. The molecule has 0 saturated carbocycles. The number of ketones is 2. The van der Waals surface area contributed by atoms with Crippen molar-refractivity contribution in [1.29, 1.82) is 0 Å². The van der Waals surface area contributed by atoms with Crippen LogP contribution in [0.4, 0.5) is 0 Å². The van der Waals surface area contributed by atoms with E-state index in [-0.39, 0.29) is 30.2 Å². The van der Waals surface area contributed by atoms with Crippen LogP contribution in [0.15, 0.2) is 11.3 Å². The molecule has 0 unspecified atom stereocenters. The van der Waals surface area contributed by atoms with Gasteiger partial charge in [-0.2, -0.15) is 0 Å². The zero-order valence-corrected chi connectivity index (χ0v) is 8.62. The lowest BCUT2D eigenvalue weighted by Gasteiger charge is -2.06. The molecule has 0 aliphatic heterocycles. The third-order valence-corrected chi connectivity index (χ3v) is 1.84. The van der Waals surface area contributed by atoms with Crippen LogP contribution in [0.5, 0.6) is 0 Å². The third kappa shape index (κ3) is 4.54. The highest BCUT2D eigenvalue weighted by atomic mass is 16.5. The maximum atomic E-state index is 11.0. The van der Waals surface area contributed by atoms with E-state index in [1.165, 1.54) is 13.8 Å². The Labute approximate surface area is 82.9 Å². The van der Waals surface area contributed by atoms with Gasteiger partial charge in [0.1, 0.15) is 11.5 Å². The summed E-state index contributed by atoms with van der Waals surface area (Å²) in [4.78, 5) is 31.8. The Kier molecular flexibility index (Phi) is 5.44. The molecule has 0 bridgehead atoms. The van der Waals surface area contributed by atoms with Crippen molar-refractivity contribution in [2.45, 2.75) is 33.6 Å². The van der Waals surface area contributed by atoms with Crippen LogP contribution in [0, 0.1) is 0 Å². The lowest BCUT2D eigenvalue weighted by atomic mass is 10.1. The van der Waals surface area contributed by atoms with Gasteiger partial charge in [-0.1, -0.05) is 0 Å². The topological polar surface area (TPSA) is 60.4 Å². The number of Topliss-reactive ketones (excluding diaryl/α,β-unsaturated/α-hetero) is 2. The van der Waals surface area contributed by atoms with Crippen molar-refractivity contribution in [2.24, 2.45) is 0 Å². The Balaban J connectivity index is 4.57. The fourth-order valence-electron chi connectivity index (χ4n) is 0.879. The highest BCUT2D eigenvalue weighted by molar-refractivity contribution is 5.93. The van der Waals surface area contributed by atoms with Gasteiger partial charge in [-0.25, -0.2) is 0 Å². The molecule has 0 rings (SSSR count). The third-order valence-electron chi connectivity index (χ3n) is 1.84.